The zero-order valence-electron chi connectivity index (χ0n) is 9.32. The number of piperidine rings is 1. The summed E-state index contributed by atoms with van der Waals surface area (Å²) in [7, 11) is 0. The van der Waals surface area contributed by atoms with Crippen LogP contribution < -0.4 is 5.73 Å². The van der Waals surface area contributed by atoms with Gasteiger partial charge in [-0.05, 0) is 37.9 Å². The van der Waals surface area contributed by atoms with Gasteiger partial charge in [0.25, 0.3) is 0 Å². The lowest BCUT2D eigenvalue weighted by Crippen LogP contribution is -2.42. The zero-order valence-corrected chi connectivity index (χ0v) is 9.32. The van der Waals surface area contributed by atoms with E-state index in [1.165, 1.54) is 24.9 Å². The Kier molecular flexibility index (Phi) is 3.34. The summed E-state index contributed by atoms with van der Waals surface area (Å²) in [6, 6.07) is 4.58. The molecule has 2 rings (SSSR count). The van der Waals surface area contributed by atoms with Crippen LogP contribution in [0.15, 0.2) is 18.3 Å². The van der Waals surface area contributed by atoms with Crippen molar-refractivity contribution in [2.75, 3.05) is 13.1 Å². The first-order valence-corrected chi connectivity index (χ1v) is 5.63. The van der Waals surface area contributed by atoms with Crippen molar-refractivity contribution in [1.29, 1.82) is 0 Å². The van der Waals surface area contributed by atoms with Crippen LogP contribution in [-0.4, -0.2) is 29.0 Å². The average Bonchev–Trinajstić information content (AvgIpc) is 2.22. The molecule has 2 N–H and O–H groups in total. The first kappa shape index (κ1) is 10.6. The summed E-state index contributed by atoms with van der Waals surface area (Å²) in [6.07, 6.45) is 4.36. The van der Waals surface area contributed by atoms with Crippen LogP contribution in [0, 0.1) is 6.92 Å². The summed E-state index contributed by atoms with van der Waals surface area (Å²) in [4.78, 5) is 6.72. The summed E-state index contributed by atoms with van der Waals surface area (Å²) in [5.41, 5.74) is 8.31. The molecule has 0 aromatic carbocycles. The van der Waals surface area contributed by atoms with Crippen molar-refractivity contribution in [3.63, 3.8) is 0 Å². The van der Waals surface area contributed by atoms with E-state index in [0.29, 0.717) is 6.04 Å². The van der Waals surface area contributed by atoms with Gasteiger partial charge < -0.3 is 5.73 Å². The molecule has 1 aromatic rings. The number of nitrogens with two attached hydrogens (primary N) is 1. The van der Waals surface area contributed by atoms with E-state index in [9.17, 15) is 0 Å². The molecule has 3 nitrogen and oxygen atoms in total. The van der Waals surface area contributed by atoms with Gasteiger partial charge in [-0.2, -0.15) is 0 Å². The van der Waals surface area contributed by atoms with Crippen LogP contribution in [0.2, 0.25) is 0 Å². The Hall–Kier alpha value is -0.930. The lowest BCUT2D eigenvalue weighted by Gasteiger charge is -2.30. The van der Waals surface area contributed by atoms with Crippen LogP contribution in [0.5, 0.6) is 0 Å². The van der Waals surface area contributed by atoms with Gasteiger partial charge in [0.05, 0.1) is 0 Å². The third-order valence-corrected chi connectivity index (χ3v) is 2.92. The Bertz CT molecular complexity index is 307. The number of aromatic nitrogens is 1. The van der Waals surface area contributed by atoms with Crippen LogP contribution in [0.25, 0.3) is 0 Å². The predicted octanol–water partition coefficient (Wildman–Crippen LogP) is 1.31. The van der Waals surface area contributed by atoms with Crippen molar-refractivity contribution in [2.24, 2.45) is 5.73 Å². The molecule has 1 aromatic heterocycles. The van der Waals surface area contributed by atoms with Gasteiger partial charge in [-0.3, -0.25) is 9.88 Å². The van der Waals surface area contributed by atoms with Gasteiger partial charge in [0.15, 0.2) is 0 Å². The van der Waals surface area contributed by atoms with E-state index in [1.54, 1.807) is 0 Å². The fourth-order valence-corrected chi connectivity index (χ4v) is 2.09. The molecular weight excluding hydrogens is 186 g/mol. The van der Waals surface area contributed by atoms with E-state index >= 15 is 0 Å². The standard InChI is InChI=1S/C12H19N3/c1-10-4-5-11(7-14-10)8-15-6-2-3-12(13)9-15/h4-5,7,12H,2-3,6,8-9,13H2,1H3. The Balaban J connectivity index is 1.93. The van der Waals surface area contributed by atoms with Crippen LogP contribution in [-0.2, 0) is 6.54 Å². The van der Waals surface area contributed by atoms with E-state index in [4.69, 9.17) is 5.73 Å². The van der Waals surface area contributed by atoms with Gasteiger partial charge in [0.2, 0.25) is 0 Å². The minimum absolute atomic E-state index is 0.358. The first-order chi connectivity index (χ1) is 7.24. The van der Waals surface area contributed by atoms with Crippen molar-refractivity contribution in [3.8, 4) is 0 Å². The number of pyridine rings is 1. The second-order valence-corrected chi connectivity index (χ2v) is 4.45. The molecule has 1 fully saturated rings. The van der Waals surface area contributed by atoms with Crippen molar-refractivity contribution < 1.29 is 0 Å². The summed E-state index contributed by atoms with van der Waals surface area (Å²) < 4.78 is 0. The Morgan fingerprint density at radius 2 is 2.40 bits per heavy atom. The zero-order chi connectivity index (χ0) is 10.7. The molecule has 0 spiro atoms. The number of likely N-dealkylation sites (tertiary alicyclic amines) is 1. The SMILES string of the molecule is Cc1ccc(CN2CCCC(N)C2)cn1. The highest BCUT2D eigenvalue weighted by atomic mass is 15.1. The lowest BCUT2D eigenvalue weighted by atomic mass is 10.1. The molecule has 82 valence electrons. The van der Waals surface area contributed by atoms with Gasteiger partial charge >= 0.3 is 0 Å². The Morgan fingerprint density at radius 1 is 1.53 bits per heavy atom. The lowest BCUT2D eigenvalue weighted by molar-refractivity contribution is 0.201. The largest absolute Gasteiger partial charge is 0.327 e. The van der Waals surface area contributed by atoms with Crippen LogP contribution >= 0.6 is 0 Å². The molecule has 15 heavy (non-hydrogen) atoms. The van der Waals surface area contributed by atoms with Crippen LogP contribution in [0.4, 0.5) is 0 Å². The molecule has 0 aliphatic carbocycles. The molecule has 3 heteroatoms. The molecule has 2 heterocycles. The molecule has 1 aliphatic heterocycles. The van der Waals surface area contributed by atoms with Crippen molar-refractivity contribution in [1.82, 2.24) is 9.88 Å². The molecule has 1 saturated heterocycles. The summed E-state index contributed by atoms with van der Waals surface area (Å²) >= 11 is 0. The monoisotopic (exact) mass is 205 g/mol. The first-order valence-electron chi connectivity index (χ1n) is 5.63. The molecule has 0 saturated carbocycles. The predicted molar refractivity (Wildman–Crippen MR) is 61.5 cm³/mol. The van der Waals surface area contributed by atoms with E-state index < -0.39 is 0 Å². The molecule has 1 unspecified atom stereocenters. The summed E-state index contributed by atoms with van der Waals surface area (Å²) in [5.74, 6) is 0. The molecule has 0 bridgehead atoms. The van der Waals surface area contributed by atoms with Gasteiger partial charge in [0, 0.05) is 31.0 Å². The minimum atomic E-state index is 0.358. The Labute approximate surface area is 91.3 Å². The fourth-order valence-electron chi connectivity index (χ4n) is 2.09. The third kappa shape index (κ3) is 3.01. The number of hydrogen-bond donors (Lipinski definition) is 1. The molecule has 0 amide bonds. The van der Waals surface area contributed by atoms with Crippen molar-refractivity contribution >= 4 is 0 Å². The number of nitrogens with zero attached hydrogens (tertiary/aromatic N) is 2. The minimum Gasteiger partial charge on any atom is -0.327 e. The number of hydrogen-bond acceptors (Lipinski definition) is 3. The van der Waals surface area contributed by atoms with Crippen LogP contribution in [0.3, 0.4) is 0 Å². The fraction of sp³-hybridized carbons (Fsp3) is 0.583. The highest BCUT2D eigenvalue weighted by Gasteiger charge is 2.16. The number of rotatable bonds is 2. The second kappa shape index (κ2) is 4.73. The molecular formula is C12H19N3. The maximum Gasteiger partial charge on any atom is 0.0372 e. The summed E-state index contributed by atoms with van der Waals surface area (Å²) in [6.45, 7) is 5.19. The third-order valence-electron chi connectivity index (χ3n) is 2.92. The van der Waals surface area contributed by atoms with E-state index in [0.717, 1.165) is 18.8 Å². The smallest absolute Gasteiger partial charge is 0.0372 e. The Morgan fingerprint density at radius 3 is 3.07 bits per heavy atom. The molecule has 1 aliphatic rings. The van der Waals surface area contributed by atoms with Crippen LogP contribution in [0.1, 0.15) is 24.1 Å². The average molecular weight is 205 g/mol. The van der Waals surface area contributed by atoms with Gasteiger partial charge in [-0.1, -0.05) is 6.07 Å². The maximum absolute atomic E-state index is 5.95. The van der Waals surface area contributed by atoms with Gasteiger partial charge in [-0.25, -0.2) is 0 Å². The number of aryl methyl sites for hydroxylation is 1. The quantitative estimate of drug-likeness (QED) is 0.791. The van der Waals surface area contributed by atoms with Crippen molar-refractivity contribution in [2.45, 2.75) is 32.4 Å². The van der Waals surface area contributed by atoms with E-state index in [1.807, 2.05) is 13.1 Å². The highest BCUT2D eigenvalue weighted by Crippen LogP contribution is 2.12. The van der Waals surface area contributed by atoms with E-state index in [2.05, 4.69) is 22.0 Å². The summed E-state index contributed by atoms with van der Waals surface area (Å²) in [5, 5.41) is 0. The second-order valence-electron chi connectivity index (χ2n) is 4.45. The molecule has 1 atom stereocenters. The van der Waals surface area contributed by atoms with Crippen molar-refractivity contribution in [3.05, 3.63) is 29.6 Å². The maximum atomic E-state index is 5.95. The highest BCUT2D eigenvalue weighted by molar-refractivity contribution is 5.13. The van der Waals surface area contributed by atoms with Gasteiger partial charge in [-0.15, -0.1) is 0 Å². The molecule has 0 radical (unpaired) electrons. The topological polar surface area (TPSA) is 42.1 Å². The normalized spacial score (nSPS) is 22.9. The van der Waals surface area contributed by atoms with E-state index in [-0.39, 0.29) is 0 Å². The van der Waals surface area contributed by atoms with Gasteiger partial charge in [0.1, 0.15) is 0 Å².